The summed E-state index contributed by atoms with van der Waals surface area (Å²) in [4.78, 5) is 2.25. The van der Waals surface area contributed by atoms with Crippen LogP contribution in [0.1, 0.15) is 29.1 Å². The van der Waals surface area contributed by atoms with Crippen LogP contribution in [-0.2, 0) is 5.41 Å². The van der Waals surface area contributed by atoms with Gasteiger partial charge in [-0.3, -0.25) is 0 Å². The number of hydrogen-bond donors (Lipinski definition) is 0. The maximum absolute atomic E-state index is 9.44. The molecule has 49 heavy (non-hydrogen) atoms. The van der Waals surface area contributed by atoms with Crippen LogP contribution in [-0.4, -0.2) is 0 Å². The predicted molar refractivity (Wildman–Crippen MR) is 209 cm³/mol. The van der Waals surface area contributed by atoms with Crippen molar-refractivity contribution in [3.63, 3.8) is 0 Å². The minimum absolute atomic E-state index is 0.204. The second-order valence-electron chi connectivity index (χ2n) is 12.5. The average molecular weight is 647 g/mol. The van der Waals surface area contributed by atoms with Gasteiger partial charge in [0.15, 0.2) is 0 Å². The summed E-state index contributed by atoms with van der Waals surface area (Å²) in [7, 11) is 0. The maximum atomic E-state index is 9.44. The minimum Gasteiger partial charge on any atom is -0.310 e. The van der Waals surface area contributed by atoms with Crippen molar-refractivity contribution in [2.75, 3.05) is 4.90 Å². The van der Waals surface area contributed by atoms with Gasteiger partial charge in [-0.15, -0.1) is 11.3 Å². The number of rotatable bonds is 5. The third-order valence-electron chi connectivity index (χ3n) is 9.98. The number of thiophene rings is 1. The van der Waals surface area contributed by atoms with E-state index < -0.39 is 11.5 Å². The van der Waals surface area contributed by atoms with Gasteiger partial charge in [-0.25, -0.2) is 0 Å². The molecule has 0 amide bonds. The molecular formula is C47H31NS. The largest absolute Gasteiger partial charge is 0.310 e. The Morgan fingerprint density at radius 1 is 0.449 bits per heavy atom. The van der Waals surface area contributed by atoms with Crippen LogP contribution < -0.4 is 4.90 Å². The van der Waals surface area contributed by atoms with Crippen LogP contribution in [0.3, 0.4) is 0 Å². The first-order valence-corrected chi connectivity index (χ1v) is 17.3. The first kappa shape index (κ1) is 23.4. The van der Waals surface area contributed by atoms with E-state index in [1.165, 1.54) is 4.70 Å². The molecule has 10 rings (SSSR count). The molecule has 1 aliphatic carbocycles. The lowest BCUT2D eigenvalue weighted by atomic mass is 9.67. The smallest absolute Gasteiger partial charge is 0.0713 e. The first-order chi connectivity index (χ1) is 26.4. The summed E-state index contributed by atoms with van der Waals surface area (Å²) >= 11 is 1.73. The number of benzene rings is 8. The average Bonchev–Trinajstić information content (AvgIpc) is 3.73. The summed E-state index contributed by atoms with van der Waals surface area (Å²) in [6.45, 7) is 0. The van der Waals surface area contributed by atoms with Crippen molar-refractivity contribution in [3.05, 3.63) is 210 Å². The fraction of sp³-hybridized carbons (Fsp3) is 0.0213. The molecule has 230 valence electrons. The number of anilines is 3. The molecule has 0 N–H and O–H groups in total. The van der Waals surface area contributed by atoms with Crippen LogP contribution in [0.15, 0.2) is 188 Å². The van der Waals surface area contributed by atoms with Crippen molar-refractivity contribution in [3.8, 4) is 11.1 Å². The van der Waals surface area contributed by atoms with Crippen molar-refractivity contribution >= 4 is 59.3 Å². The highest BCUT2D eigenvalue weighted by molar-refractivity contribution is 7.25. The molecule has 0 saturated carbocycles. The molecule has 0 radical (unpaired) electrons. The molecule has 9 aromatic rings. The fourth-order valence-corrected chi connectivity index (χ4v) is 8.96. The number of fused-ring (bicyclic) bond motifs is 7. The van der Waals surface area contributed by atoms with Gasteiger partial charge in [-0.2, -0.15) is 0 Å². The molecule has 8 aromatic carbocycles. The number of nitrogens with zero attached hydrogens (tertiary/aromatic N) is 1. The normalized spacial score (nSPS) is 16.4. The topological polar surface area (TPSA) is 3.24 Å². The monoisotopic (exact) mass is 646 g/mol. The highest BCUT2D eigenvalue weighted by Crippen LogP contribution is 2.57. The molecule has 0 spiro atoms. The van der Waals surface area contributed by atoms with E-state index in [4.69, 9.17) is 4.11 Å². The SMILES string of the molecule is [2H]c1c([2H])c([2H])c(C2(c3ccc4sc5ccccc5c4c3)c3ccccc3-c3cc(N(c4ccccc4)c4ccc5ccccc5c4)ccc32)c([2H])c1[2H]. The van der Waals surface area contributed by atoms with Gasteiger partial charge in [0.25, 0.3) is 0 Å². The molecule has 0 saturated heterocycles. The van der Waals surface area contributed by atoms with Crippen molar-refractivity contribution in [2.24, 2.45) is 0 Å². The van der Waals surface area contributed by atoms with Gasteiger partial charge in [-0.05, 0) is 98.8 Å². The molecule has 1 heterocycles. The number of hydrogen-bond acceptors (Lipinski definition) is 2. The van der Waals surface area contributed by atoms with Crippen LogP contribution in [0, 0.1) is 0 Å². The zero-order valence-electron chi connectivity index (χ0n) is 31.4. The van der Waals surface area contributed by atoms with E-state index in [1.54, 1.807) is 11.3 Å². The van der Waals surface area contributed by atoms with Crippen LogP contribution >= 0.6 is 11.3 Å². The van der Waals surface area contributed by atoms with Gasteiger partial charge >= 0.3 is 0 Å². The van der Waals surface area contributed by atoms with Gasteiger partial charge < -0.3 is 4.90 Å². The Labute approximate surface area is 297 Å². The summed E-state index contributed by atoms with van der Waals surface area (Å²) in [5.74, 6) is 0. The van der Waals surface area contributed by atoms with Crippen LogP contribution in [0.25, 0.3) is 42.1 Å². The van der Waals surface area contributed by atoms with Crippen molar-refractivity contribution in [2.45, 2.75) is 5.41 Å². The van der Waals surface area contributed by atoms with E-state index in [-0.39, 0.29) is 29.7 Å². The second kappa shape index (κ2) is 11.1. The lowest BCUT2D eigenvalue weighted by Crippen LogP contribution is -2.28. The molecule has 1 atom stereocenters. The Bertz CT molecular complexity index is 2940. The third kappa shape index (κ3) is 4.24. The minimum atomic E-state index is -1.21. The molecule has 1 unspecified atom stereocenters. The van der Waals surface area contributed by atoms with Crippen LogP contribution in [0.2, 0.25) is 0 Å². The van der Waals surface area contributed by atoms with Crippen molar-refractivity contribution < 1.29 is 6.85 Å². The highest BCUT2D eigenvalue weighted by Gasteiger charge is 2.46. The molecule has 1 nitrogen and oxygen atoms in total. The molecule has 1 aromatic heterocycles. The Hall–Kier alpha value is -5.96. The quantitative estimate of drug-likeness (QED) is 0.180. The summed E-state index contributed by atoms with van der Waals surface area (Å²) in [5.41, 5.74) is 6.52. The van der Waals surface area contributed by atoms with Crippen molar-refractivity contribution in [1.82, 2.24) is 0 Å². The fourth-order valence-electron chi connectivity index (χ4n) is 7.87. The van der Waals surface area contributed by atoms with Gasteiger partial charge in [-0.1, -0.05) is 133 Å². The van der Waals surface area contributed by atoms with Gasteiger partial charge in [0.1, 0.15) is 0 Å². The van der Waals surface area contributed by atoms with Crippen molar-refractivity contribution in [1.29, 1.82) is 0 Å². The molecule has 1 aliphatic rings. The first-order valence-electron chi connectivity index (χ1n) is 18.9. The van der Waals surface area contributed by atoms with Crippen LogP contribution in [0.4, 0.5) is 17.1 Å². The van der Waals surface area contributed by atoms with Gasteiger partial charge in [0.2, 0.25) is 0 Å². The third-order valence-corrected chi connectivity index (χ3v) is 11.1. The lowest BCUT2D eigenvalue weighted by Gasteiger charge is -2.34. The van der Waals surface area contributed by atoms with E-state index >= 15 is 0 Å². The van der Waals surface area contributed by atoms with E-state index in [9.17, 15) is 2.74 Å². The van der Waals surface area contributed by atoms with E-state index in [2.05, 4.69) is 120 Å². The summed E-state index contributed by atoms with van der Waals surface area (Å²) in [5, 5.41) is 4.51. The number of para-hydroxylation sites is 1. The Balaban J connectivity index is 1.30. The zero-order chi connectivity index (χ0) is 36.7. The standard InChI is InChI=1S/C47H31NS/c1-3-15-34(16-4-1)47(35-24-28-46-42(30-35)40-20-10-12-22-45(40)49-46)43-21-11-9-19-39(43)41-31-38(26-27-44(41)47)48(36-17-5-2-6-18-36)37-25-23-32-13-7-8-14-33(32)29-37/h1-31H/i1D,3D,4D,15D,16D. The summed E-state index contributed by atoms with van der Waals surface area (Å²) in [6.07, 6.45) is 0. The van der Waals surface area contributed by atoms with Crippen LogP contribution in [0.5, 0.6) is 0 Å². The zero-order valence-corrected chi connectivity index (χ0v) is 27.2. The van der Waals surface area contributed by atoms with Gasteiger partial charge in [0, 0.05) is 37.2 Å². The molecule has 0 bridgehead atoms. The second-order valence-corrected chi connectivity index (χ2v) is 13.6. The van der Waals surface area contributed by atoms with E-state index in [0.29, 0.717) is 0 Å². The Morgan fingerprint density at radius 2 is 1.14 bits per heavy atom. The van der Waals surface area contributed by atoms with E-state index in [0.717, 1.165) is 71.1 Å². The Morgan fingerprint density at radius 3 is 2.04 bits per heavy atom. The molecule has 0 fully saturated rings. The molecule has 0 aliphatic heterocycles. The molecule has 2 heteroatoms. The molecular weight excluding hydrogens is 611 g/mol. The maximum Gasteiger partial charge on any atom is 0.0713 e. The predicted octanol–water partition coefficient (Wildman–Crippen LogP) is 13.0. The Kier molecular flexibility index (Phi) is 5.27. The van der Waals surface area contributed by atoms with Gasteiger partial charge in [0.05, 0.1) is 12.3 Å². The summed E-state index contributed by atoms with van der Waals surface area (Å²) in [6, 6.07) is 53.0. The summed E-state index contributed by atoms with van der Waals surface area (Å²) < 4.78 is 47.4. The lowest BCUT2D eigenvalue weighted by molar-refractivity contribution is 0.770. The highest BCUT2D eigenvalue weighted by atomic mass is 32.1. The van der Waals surface area contributed by atoms with E-state index in [1.807, 2.05) is 42.5 Å².